The van der Waals surface area contributed by atoms with E-state index in [0.29, 0.717) is 0 Å². The average molecular weight is 266 g/mol. The van der Waals surface area contributed by atoms with E-state index >= 15 is 0 Å². The smallest absolute Gasteiger partial charge is 0.144 e. The van der Waals surface area contributed by atoms with Crippen LogP contribution < -0.4 is 0 Å². The fourth-order valence-corrected chi connectivity index (χ4v) is 2.72. The lowest BCUT2D eigenvalue weighted by Crippen LogP contribution is -2.25. The maximum Gasteiger partial charge on any atom is 0.144 e. The number of hydrogen-bond acceptors (Lipinski definition) is 4. The third-order valence-corrected chi connectivity index (χ3v) is 4.53. The third-order valence-electron chi connectivity index (χ3n) is 2.14. The first-order valence-corrected chi connectivity index (χ1v) is 7.19. The molecular formula is C12H14N2OS2. The molecule has 0 aliphatic heterocycles. The molecule has 2 aromatic heterocycles. The van der Waals surface area contributed by atoms with Crippen LogP contribution in [0.25, 0.3) is 10.1 Å². The maximum absolute atomic E-state index is 11.8. The number of rotatable bonds is 2. The third kappa shape index (κ3) is 3.06. The highest BCUT2D eigenvalue weighted by molar-refractivity contribution is 7.91. The summed E-state index contributed by atoms with van der Waals surface area (Å²) >= 11 is 0.427. The first-order valence-electron chi connectivity index (χ1n) is 5.26. The molecule has 0 bridgehead atoms. The fraction of sp³-hybridized carbons (Fsp3) is 0.333. The Labute approximate surface area is 108 Å². The molecule has 5 heteroatoms. The van der Waals surface area contributed by atoms with E-state index < -0.39 is 11.4 Å². The van der Waals surface area contributed by atoms with Gasteiger partial charge in [0, 0.05) is 22.5 Å². The molecule has 3 nitrogen and oxygen atoms in total. The molecular weight excluding hydrogens is 252 g/mol. The zero-order chi connectivity index (χ0) is 12.5. The molecule has 90 valence electrons. The summed E-state index contributed by atoms with van der Waals surface area (Å²) in [5, 5.41) is 1.10. The predicted molar refractivity (Wildman–Crippen MR) is 75.1 cm³/mol. The molecule has 0 aromatic carbocycles. The molecule has 0 radical (unpaired) electrons. The Bertz CT molecular complexity index is 510. The van der Waals surface area contributed by atoms with Crippen molar-refractivity contribution in [3.63, 3.8) is 0 Å². The quantitative estimate of drug-likeness (QED) is 0.619. The number of pyridine rings is 1. The van der Waals surface area contributed by atoms with Crippen LogP contribution in [0.3, 0.4) is 0 Å². The zero-order valence-electron chi connectivity index (χ0n) is 10.0. The van der Waals surface area contributed by atoms with E-state index in [1.807, 2.05) is 39.1 Å². The summed E-state index contributed by atoms with van der Waals surface area (Å²) in [5.41, 5.74) is 0. The van der Waals surface area contributed by atoms with Gasteiger partial charge in [-0.2, -0.15) is 0 Å². The van der Waals surface area contributed by atoms with E-state index in [1.165, 1.54) is 4.70 Å². The van der Waals surface area contributed by atoms with Crippen LogP contribution in [-0.4, -0.2) is 20.5 Å². The number of hydrogen-bond donors (Lipinski definition) is 0. The Morgan fingerprint density at radius 1 is 1.47 bits per heavy atom. The van der Waals surface area contributed by atoms with Crippen LogP contribution in [0.2, 0.25) is 0 Å². The number of fused-ring (bicyclic) bond motifs is 1. The van der Waals surface area contributed by atoms with Gasteiger partial charge in [-0.05, 0) is 32.9 Å². The topological polar surface area (TPSA) is 48.3 Å². The van der Waals surface area contributed by atoms with Gasteiger partial charge < -0.3 is 4.55 Å². The van der Waals surface area contributed by atoms with Gasteiger partial charge in [-0.25, -0.2) is 0 Å². The van der Waals surface area contributed by atoms with Crippen molar-refractivity contribution in [1.82, 2.24) is 4.98 Å². The van der Waals surface area contributed by atoms with Gasteiger partial charge in [-0.1, -0.05) is 4.40 Å². The molecule has 0 saturated carbocycles. The second kappa shape index (κ2) is 4.76. The molecule has 2 aromatic rings. The van der Waals surface area contributed by atoms with Crippen LogP contribution in [0, 0.1) is 0 Å². The standard InChI is InChI=1S/C12H14N2OS2/c1-12(2,3)17(15)14-8-10-6-9-7-13-5-4-11(9)16-10/h4-8H,1-3H3. The van der Waals surface area contributed by atoms with Crippen LogP contribution in [0.4, 0.5) is 0 Å². The molecule has 1 unspecified atom stereocenters. The van der Waals surface area contributed by atoms with Gasteiger partial charge in [0.05, 0.1) is 11.1 Å². The van der Waals surface area contributed by atoms with Gasteiger partial charge in [-0.15, -0.1) is 11.3 Å². The average Bonchev–Trinajstić information content (AvgIpc) is 2.66. The minimum absolute atomic E-state index is 0.311. The predicted octanol–water partition coefficient (Wildman–Crippen LogP) is 3.18. The molecule has 0 fully saturated rings. The monoisotopic (exact) mass is 266 g/mol. The summed E-state index contributed by atoms with van der Waals surface area (Å²) in [5.74, 6) is 0. The minimum atomic E-state index is -1.20. The Morgan fingerprint density at radius 2 is 2.24 bits per heavy atom. The second-order valence-corrected chi connectivity index (χ2v) is 7.71. The van der Waals surface area contributed by atoms with Crippen molar-refractivity contribution in [3.8, 4) is 0 Å². The molecule has 0 N–H and O–H groups in total. The normalized spacial score (nSPS) is 14.6. The van der Waals surface area contributed by atoms with Crippen molar-refractivity contribution in [2.24, 2.45) is 4.40 Å². The van der Waals surface area contributed by atoms with Gasteiger partial charge in [-0.3, -0.25) is 4.98 Å². The van der Waals surface area contributed by atoms with Crippen molar-refractivity contribution < 1.29 is 4.55 Å². The molecule has 1 atom stereocenters. The van der Waals surface area contributed by atoms with Gasteiger partial charge >= 0.3 is 0 Å². The van der Waals surface area contributed by atoms with Gasteiger partial charge in [0.15, 0.2) is 0 Å². The lowest BCUT2D eigenvalue weighted by Gasteiger charge is -2.17. The van der Waals surface area contributed by atoms with E-state index in [2.05, 4.69) is 9.38 Å². The second-order valence-electron chi connectivity index (χ2n) is 4.66. The summed E-state index contributed by atoms with van der Waals surface area (Å²) in [7, 11) is 0. The SMILES string of the molecule is CC(C)(C)[S+]([O-])N=Cc1cc2cnccc2s1. The lowest BCUT2D eigenvalue weighted by atomic mass is 10.3. The van der Waals surface area contributed by atoms with Crippen molar-refractivity contribution in [1.29, 1.82) is 0 Å². The zero-order valence-corrected chi connectivity index (χ0v) is 11.6. The highest BCUT2D eigenvalue weighted by atomic mass is 32.2. The van der Waals surface area contributed by atoms with Crippen LogP contribution >= 0.6 is 11.3 Å². The fourth-order valence-electron chi connectivity index (χ4n) is 1.23. The Balaban J connectivity index is 2.21. The van der Waals surface area contributed by atoms with Gasteiger partial charge in [0.1, 0.15) is 16.1 Å². The summed E-state index contributed by atoms with van der Waals surface area (Å²) in [6.07, 6.45) is 5.28. The molecule has 0 aliphatic rings. The minimum Gasteiger partial charge on any atom is -0.591 e. The van der Waals surface area contributed by atoms with E-state index in [9.17, 15) is 4.55 Å². The molecule has 0 saturated heterocycles. The summed E-state index contributed by atoms with van der Waals surface area (Å²) < 4.78 is 16.7. The Morgan fingerprint density at radius 3 is 2.88 bits per heavy atom. The van der Waals surface area contributed by atoms with Crippen molar-refractivity contribution in [2.75, 3.05) is 0 Å². The van der Waals surface area contributed by atoms with Crippen LogP contribution in [-0.2, 0) is 11.4 Å². The van der Waals surface area contributed by atoms with Crippen LogP contribution in [0.1, 0.15) is 25.6 Å². The molecule has 0 amide bonds. The van der Waals surface area contributed by atoms with E-state index in [0.717, 1.165) is 10.3 Å². The van der Waals surface area contributed by atoms with Crippen molar-refractivity contribution >= 4 is 39.0 Å². The van der Waals surface area contributed by atoms with Crippen LogP contribution in [0.15, 0.2) is 28.9 Å². The number of thiophene rings is 1. The van der Waals surface area contributed by atoms with E-state index in [-0.39, 0.29) is 4.75 Å². The molecule has 0 spiro atoms. The van der Waals surface area contributed by atoms with E-state index in [1.54, 1.807) is 23.7 Å². The van der Waals surface area contributed by atoms with Crippen LogP contribution in [0.5, 0.6) is 0 Å². The van der Waals surface area contributed by atoms with E-state index in [4.69, 9.17) is 0 Å². The Hall–Kier alpha value is -0.910. The maximum atomic E-state index is 11.8. The van der Waals surface area contributed by atoms with Gasteiger partial charge in [0.25, 0.3) is 0 Å². The highest BCUT2D eigenvalue weighted by Gasteiger charge is 2.25. The van der Waals surface area contributed by atoms with Crippen molar-refractivity contribution in [3.05, 3.63) is 29.4 Å². The van der Waals surface area contributed by atoms with Gasteiger partial charge in [0.2, 0.25) is 0 Å². The molecule has 2 heterocycles. The first-order chi connectivity index (χ1) is 7.97. The first kappa shape index (κ1) is 12.5. The summed E-state index contributed by atoms with van der Waals surface area (Å²) in [4.78, 5) is 5.07. The Kier molecular flexibility index (Phi) is 3.51. The largest absolute Gasteiger partial charge is 0.591 e. The lowest BCUT2D eigenvalue weighted by molar-refractivity contribution is 0.562. The highest BCUT2D eigenvalue weighted by Crippen LogP contribution is 2.24. The molecule has 0 aliphatic carbocycles. The molecule has 2 rings (SSSR count). The summed E-state index contributed by atoms with van der Waals surface area (Å²) in [6.45, 7) is 5.74. The number of nitrogens with zero attached hydrogens (tertiary/aromatic N) is 2. The number of aromatic nitrogens is 1. The summed E-state index contributed by atoms with van der Waals surface area (Å²) in [6, 6.07) is 3.98. The van der Waals surface area contributed by atoms with Crippen molar-refractivity contribution in [2.45, 2.75) is 25.5 Å². The molecule has 17 heavy (non-hydrogen) atoms.